The zero-order valence-corrected chi connectivity index (χ0v) is 21.0. The van der Waals surface area contributed by atoms with Gasteiger partial charge in [0, 0.05) is 43.2 Å². The largest absolute Gasteiger partial charge is 0.490 e. The summed E-state index contributed by atoms with van der Waals surface area (Å²) >= 11 is 1.74. The number of halogens is 6. The number of rotatable bonds is 6. The number of aliphatic carboxylic acids is 2. The second-order valence-corrected chi connectivity index (χ2v) is 9.58. The first kappa shape index (κ1) is 32.0. The summed E-state index contributed by atoms with van der Waals surface area (Å²) in [6.45, 7) is 4.34. The van der Waals surface area contributed by atoms with Gasteiger partial charge in [0.25, 0.3) is 0 Å². The Hall–Kier alpha value is -3.24. The number of carbonyl (C=O) groups is 3. The second-order valence-electron chi connectivity index (χ2n) is 8.55. The number of fused-ring (bicyclic) bond motifs is 1. The molecule has 0 unspecified atom stereocenters. The van der Waals surface area contributed by atoms with Gasteiger partial charge in [0.2, 0.25) is 5.91 Å². The van der Waals surface area contributed by atoms with Crippen molar-refractivity contribution in [3.05, 3.63) is 52.5 Å². The minimum Gasteiger partial charge on any atom is -0.475 e. The Morgan fingerprint density at radius 1 is 1.08 bits per heavy atom. The third kappa shape index (κ3) is 9.78. The van der Waals surface area contributed by atoms with E-state index in [1.165, 1.54) is 4.88 Å². The Kier molecular flexibility index (Phi) is 11.2. The molecule has 216 valence electrons. The highest BCUT2D eigenvalue weighted by Gasteiger charge is 2.55. The molecule has 2 aliphatic rings. The van der Waals surface area contributed by atoms with E-state index in [1.807, 2.05) is 30.5 Å². The van der Waals surface area contributed by atoms with Gasteiger partial charge in [-0.2, -0.15) is 26.3 Å². The van der Waals surface area contributed by atoms with Crippen molar-refractivity contribution in [2.75, 3.05) is 32.8 Å². The monoisotopic (exact) mass is 585 g/mol. The molecule has 0 spiro atoms. The van der Waals surface area contributed by atoms with Crippen LogP contribution in [0.4, 0.5) is 26.3 Å². The minimum atomic E-state index is -5.08. The van der Waals surface area contributed by atoms with Gasteiger partial charge in [0.05, 0.1) is 24.3 Å². The number of hydrogen-bond acceptors (Lipinski definition) is 7. The number of thiophene rings is 1. The summed E-state index contributed by atoms with van der Waals surface area (Å²) in [5.41, 5.74) is 0.654. The number of nitrogens with one attached hydrogen (secondary N) is 1. The van der Waals surface area contributed by atoms with Crippen molar-refractivity contribution in [1.29, 1.82) is 0 Å². The fraction of sp³-hybridized carbons (Fsp3) is 0.478. The number of alkyl halides is 6. The topological polar surface area (TPSA) is 129 Å². The predicted octanol–water partition coefficient (Wildman–Crippen LogP) is 3.22. The fourth-order valence-electron chi connectivity index (χ4n) is 3.93. The summed E-state index contributed by atoms with van der Waals surface area (Å²) < 4.78 is 69.2. The number of nitrogens with zero attached hydrogens (tertiary/aromatic N) is 2. The molecular formula is C23H25F6N3O6S. The van der Waals surface area contributed by atoms with Crippen LogP contribution in [0.15, 0.2) is 41.9 Å². The molecule has 9 nitrogen and oxygen atoms in total. The molecule has 2 saturated heterocycles. The van der Waals surface area contributed by atoms with Crippen LogP contribution < -0.4 is 5.32 Å². The maximum atomic E-state index is 12.9. The van der Waals surface area contributed by atoms with Crippen LogP contribution in [-0.2, 0) is 32.1 Å². The van der Waals surface area contributed by atoms with Crippen molar-refractivity contribution in [3.8, 4) is 0 Å². The summed E-state index contributed by atoms with van der Waals surface area (Å²) in [5.74, 6) is -5.09. The van der Waals surface area contributed by atoms with Gasteiger partial charge in [-0.1, -0.05) is 12.1 Å². The Labute approximate surface area is 222 Å². The lowest BCUT2D eigenvalue weighted by molar-refractivity contribution is -0.193. The lowest BCUT2D eigenvalue weighted by atomic mass is 9.80. The molecule has 2 aromatic heterocycles. The number of carboxylic acid groups (broad SMARTS) is 2. The molecule has 2 aromatic rings. The van der Waals surface area contributed by atoms with E-state index in [-0.39, 0.29) is 11.8 Å². The number of aromatic nitrogens is 1. The van der Waals surface area contributed by atoms with Gasteiger partial charge < -0.3 is 20.3 Å². The van der Waals surface area contributed by atoms with Crippen LogP contribution in [0.25, 0.3) is 0 Å². The maximum Gasteiger partial charge on any atom is 0.490 e. The highest BCUT2D eigenvalue weighted by atomic mass is 32.1. The van der Waals surface area contributed by atoms with E-state index in [9.17, 15) is 31.1 Å². The number of likely N-dealkylation sites (tertiary alicyclic amines) is 1. The number of pyridine rings is 1. The Morgan fingerprint density at radius 3 is 2.23 bits per heavy atom. The van der Waals surface area contributed by atoms with Gasteiger partial charge in [-0.3, -0.25) is 14.7 Å². The van der Waals surface area contributed by atoms with Crippen molar-refractivity contribution in [1.82, 2.24) is 15.2 Å². The summed E-state index contributed by atoms with van der Waals surface area (Å²) in [6.07, 6.45) is -7.45. The molecule has 2 atom stereocenters. The first-order valence-electron chi connectivity index (χ1n) is 11.3. The Bertz CT molecular complexity index is 1060. The lowest BCUT2D eigenvalue weighted by Gasteiger charge is -2.26. The molecule has 0 saturated carbocycles. The smallest absolute Gasteiger partial charge is 0.475 e. The van der Waals surface area contributed by atoms with Gasteiger partial charge in [0.15, 0.2) is 0 Å². The van der Waals surface area contributed by atoms with Crippen molar-refractivity contribution >= 4 is 29.2 Å². The number of carbonyl (C=O) groups excluding carboxylic acids is 1. The van der Waals surface area contributed by atoms with Gasteiger partial charge in [-0.25, -0.2) is 9.59 Å². The van der Waals surface area contributed by atoms with Crippen LogP contribution in [0.2, 0.25) is 0 Å². The number of carboxylic acids is 2. The normalized spacial score (nSPS) is 20.6. The lowest BCUT2D eigenvalue weighted by Crippen LogP contribution is -2.47. The van der Waals surface area contributed by atoms with Crippen molar-refractivity contribution in [3.63, 3.8) is 0 Å². The van der Waals surface area contributed by atoms with Crippen molar-refractivity contribution in [2.24, 2.45) is 11.3 Å². The predicted molar refractivity (Wildman–Crippen MR) is 125 cm³/mol. The summed E-state index contributed by atoms with van der Waals surface area (Å²) in [5, 5.41) is 19.5. The van der Waals surface area contributed by atoms with Crippen LogP contribution in [0.1, 0.15) is 10.6 Å². The van der Waals surface area contributed by atoms with Crippen LogP contribution in [0.5, 0.6) is 0 Å². The molecule has 0 bridgehead atoms. The molecule has 16 heteroatoms. The van der Waals surface area contributed by atoms with Crippen molar-refractivity contribution in [2.45, 2.75) is 25.3 Å². The SMILES string of the molecule is O=C(NCCc1cccs1)[C@]12COC[C@H]1CN(Cc1ccccn1)C2.O=C(O)C(F)(F)F.O=C(O)C(F)(F)F. The molecule has 0 aromatic carbocycles. The van der Waals surface area contributed by atoms with E-state index >= 15 is 0 Å². The minimum absolute atomic E-state index is 0.148. The summed E-state index contributed by atoms with van der Waals surface area (Å²) in [6, 6.07) is 10.1. The first-order valence-corrected chi connectivity index (χ1v) is 12.1. The Balaban J connectivity index is 0.000000317. The third-order valence-electron chi connectivity index (χ3n) is 5.73. The standard InChI is InChI=1S/C19H23N3O2S.2C2HF3O2/c23-18(21-8-6-17-5-3-9-25-17)19-13-22(10-15(19)12-24-14-19)11-16-4-1-2-7-20-16;2*3-2(4,5)1(6)7/h1-5,7,9,15H,6,8,10-14H2,(H,21,23);2*(H,6,7)/t15-,19-;;/m1../s1. The fourth-order valence-corrected chi connectivity index (χ4v) is 4.64. The van der Waals surface area contributed by atoms with E-state index in [0.717, 1.165) is 31.7 Å². The molecule has 0 aliphatic carbocycles. The molecule has 4 rings (SSSR count). The number of ether oxygens (including phenoxy) is 1. The molecule has 4 heterocycles. The van der Waals surface area contributed by atoms with Gasteiger partial charge in [0.1, 0.15) is 0 Å². The van der Waals surface area contributed by atoms with Crippen LogP contribution in [0.3, 0.4) is 0 Å². The molecule has 2 fully saturated rings. The van der Waals surface area contributed by atoms with E-state index in [1.54, 1.807) is 11.3 Å². The molecule has 1 amide bonds. The van der Waals surface area contributed by atoms with E-state index in [4.69, 9.17) is 24.5 Å². The van der Waals surface area contributed by atoms with Crippen LogP contribution in [0, 0.1) is 11.3 Å². The first-order chi connectivity index (χ1) is 18.1. The number of amides is 1. The van der Waals surface area contributed by atoms with E-state index < -0.39 is 29.7 Å². The Morgan fingerprint density at radius 2 is 1.72 bits per heavy atom. The summed E-state index contributed by atoms with van der Waals surface area (Å²) in [7, 11) is 0. The summed E-state index contributed by atoms with van der Waals surface area (Å²) in [4.78, 5) is 38.8. The average molecular weight is 586 g/mol. The molecule has 2 aliphatic heterocycles. The van der Waals surface area contributed by atoms with Gasteiger partial charge >= 0.3 is 24.3 Å². The second kappa shape index (κ2) is 13.7. The van der Waals surface area contributed by atoms with E-state index in [2.05, 4.69) is 26.6 Å². The molecule has 3 N–H and O–H groups in total. The highest BCUT2D eigenvalue weighted by Crippen LogP contribution is 2.42. The van der Waals surface area contributed by atoms with Crippen LogP contribution >= 0.6 is 11.3 Å². The van der Waals surface area contributed by atoms with Gasteiger partial charge in [-0.15, -0.1) is 11.3 Å². The van der Waals surface area contributed by atoms with E-state index in [0.29, 0.717) is 19.8 Å². The molecular weight excluding hydrogens is 560 g/mol. The van der Waals surface area contributed by atoms with Gasteiger partial charge in [-0.05, 0) is 30.0 Å². The zero-order valence-electron chi connectivity index (χ0n) is 20.2. The van der Waals surface area contributed by atoms with Crippen LogP contribution in [-0.4, -0.2) is 83.1 Å². The molecule has 39 heavy (non-hydrogen) atoms. The van der Waals surface area contributed by atoms with Crippen molar-refractivity contribution < 1.29 is 55.7 Å². The molecule has 0 radical (unpaired) electrons. The number of hydrogen-bond donors (Lipinski definition) is 3. The highest BCUT2D eigenvalue weighted by molar-refractivity contribution is 7.09. The third-order valence-corrected chi connectivity index (χ3v) is 6.67. The maximum absolute atomic E-state index is 12.9. The average Bonchev–Trinajstić information content (AvgIpc) is 3.56. The quantitative estimate of drug-likeness (QED) is 0.441. The zero-order chi connectivity index (χ0) is 29.3.